The molecule has 1 aliphatic rings. The number of nitrogens with one attached hydrogen (secondary N) is 1. The lowest BCUT2D eigenvalue weighted by atomic mass is 9.99. The molecule has 8 nitrogen and oxygen atoms in total. The number of carbonyl (C=O) groups excluding carboxylic acids is 4. The summed E-state index contributed by atoms with van der Waals surface area (Å²) >= 11 is 0. The van der Waals surface area contributed by atoms with Crippen LogP contribution in [0.15, 0.2) is 0 Å². The van der Waals surface area contributed by atoms with Crippen molar-refractivity contribution in [3.8, 4) is 0 Å². The van der Waals surface area contributed by atoms with Crippen LogP contribution in [-0.4, -0.2) is 53.8 Å². The van der Waals surface area contributed by atoms with Crippen LogP contribution in [0, 0.1) is 0 Å². The number of piperidine rings is 1. The van der Waals surface area contributed by atoms with Crippen molar-refractivity contribution in [1.29, 1.82) is 0 Å². The number of primary amides is 1. The summed E-state index contributed by atoms with van der Waals surface area (Å²) in [7, 11) is 0. The van der Waals surface area contributed by atoms with Crippen molar-refractivity contribution in [3.63, 3.8) is 0 Å². The van der Waals surface area contributed by atoms with Crippen molar-refractivity contribution in [3.05, 3.63) is 0 Å². The van der Waals surface area contributed by atoms with Gasteiger partial charge in [0.05, 0.1) is 6.61 Å². The molecule has 0 saturated carbocycles. The Balaban J connectivity index is 3.08. The fourth-order valence-electron chi connectivity index (χ4n) is 2.66. The molecular formula is C15H25N3O5. The van der Waals surface area contributed by atoms with Crippen molar-refractivity contribution in [2.75, 3.05) is 13.2 Å². The van der Waals surface area contributed by atoms with Gasteiger partial charge in [0.25, 0.3) is 0 Å². The molecule has 3 amide bonds. The highest BCUT2D eigenvalue weighted by molar-refractivity contribution is 5.91. The van der Waals surface area contributed by atoms with E-state index in [9.17, 15) is 19.2 Å². The lowest BCUT2D eigenvalue weighted by molar-refractivity contribution is -0.159. The highest BCUT2D eigenvalue weighted by atomic mass is 16.5. The van der Waals surface area contributed by atoms with Crippen molar-refractivity contribution in [2.24, 2.45) is 5.73 Å². The second-order valence-corrected chi connectivity index (χ2v) is 5.38. The van der Waals surface area contributed by atoms with Crippen LogP contribution in [-0.2, 0) is 23.9 Å². The third-order valence-corrected chi connectivity index (χ3v) is 3.74. The number of nitrogens with zero attached hydrogens (tertiary/aromatic N) is 1. The second-order valence-electron chi connectivity index (χ2n) is 5.38. The number of nitrogens with two attached hydrogens (primary N) is 1. The zero-order chi connectivity index (χ0) is 17.4. The molecule has 1 aliphatic heterocycles. The normalized spacial score (nSPS) is 18.7. The van der Waals surface area contributed by atoms with E-state index < -0.39 is 24.0 Å². The number of carbonyl (C=O) groups is 4. The average molecular weight is 327 g/mol. The number of ether oxygens (including phenoxy) is 1. The van der Waals surface area contributed by atoms with Gasteiger partial charge >= 0.3 is 5.97 Å². The predicted molar refractivity (Wildman–Crippen MR) is 82.0 cm³/mol. The van der Waals surface area contributed by atoms with Gasteiger partial charge in [-0.25, -0.2) is 4.79 Å². The van der Waals surface area contributed by atoms with Gasteiger partial charge in [0, 0.05) is 19.4 Å². The molecule has 0 aromatic heterocycles. The molecule has 0 bridgehead atoms. The standard InChI is InChI=1S/C15H25N3O5/c1-3-13(20)18(10-6-5-9-17-14(10)21)11(7-8-12(16)19)15(22)23-4-2/h10-11H,3-9H2,1-2H3,(H2,16,19)(H,17,21)/t10-,11-/m0/s1. The Kier molecular flexibility index (Phi) is 7.50. The average Bonchev–Trinajstić information content (AvgIpc) is 2.51. The first kappa shape index (κ1) is 18.9. The fraction of sp³-hybridized carbons (Fsp3) is 0.733. The summed E-state index contributed by atoms with van der Waals surface area (Å²) in [6, 6.07) is -1.71. The van der Waals surface area contributed by atoms with E-state index in [4.69, 9.17) is 10.5 Å². The molecule has 0 aliphatic carbocycles. The Morgan fingerprint density at radius 2 is 2.09 bits per heavy atom. The summed E-state index contributed by atoms with van der Waals surface area (Å²) in [6.45, 7) is 4.01. The summed E-state index contributed by atoms with van der Waals surface area (Å²) in [4.78, 5) is 49.1. The van der Waals surface area contributed by atoms with Gasteiger partial charge < -0.3 is 20.7 Å². The summed E-state index contributed by atoms with van der Waals surface area (Å²) < 4.78 is 5.02. The van der Waals surface area contributed by atoms with E-state index in [1.54, 1.807) is 13.8 Å². The molecule has 1 fully saturated rings. The molecule has 0 aromatic carbocycles. The summed E-state index contributed by atoms with van der Waals surface area (Å²) in [5.41, 5.74) is 5.16. The van der Waals surface area contributed by atoms with Gasteiger partial charge in [-0.1, -0.05) is 6.92 Å². The van der Waals surface area contributed by atoms with Gasteiger partial charge in [0.2, 0.25) is 17.7 Å². The summed E-state index contributed by atoms with van der Waals surface area (Å²) in [6.07, 6.45) is 1.32. The molecule has 130 valence electrons. The van der Waals surface area contributed by atoms with Crippen molar-refractivity contribution in [2.45, 2.75) is 58.0 Å². The highest BCUT2D eigenvalue weighted by Crippen LogP contribution is 2.20. The fourth-order valence-corrected chi connectivity index (χ4v) is 2.66. The van der Waals surface area contributed by atoms with Crippen molar-refractivity contribution in [1.82, 2.24) is 10.2 Å². The van der Waals surface area contributed by atoms with E-state index >= 15 is 0 Å². The van der Waals surface area contributed by atoms with Crippen LogP contribution in [0.1, 0.15) is 46.0 Å². The van der Waals surface area contributed by atoms with E-state index in [-0.39, 0.29) is 37.7 Å². The van der Waals surface area contributed by atoms with Crippen LogP contribution in [0.2, 0.25) is 0 Å². The Bertz CT molecular complexity index is 466. The third-order valence-electron chi connectivity index (χ3n) is 3.74. The molecule has 0 spiro atoms. The van der Waals surface area contributed by atoms with E-state index in [0.29, 0.717) is 13.0 Å². The molecule has 3 N–H and O–H groups in total. The first-order valence-corrected chi connectivity index (χ1v) is 7.96. The van der Waals surface area contributed by atoms with Crippen LogP contribution < -0.4 is 11.1 Å². The van der Waals surface area contributed by atoms with Crippen molar-refractivity contribution >= 4 is 23.7 Å². The maximum absolute atomic E-state index is 12.4. The number of esters is 1. The van der Waals surface area contributed by atoms with Crippen LogP contribution in [0.3, 0.4) is 0 Å². The second kappa shape index (κ2) is 9.12. The van der Waals surface area contributed by atoms with Crippen LogP contribution in [0.5, 0.6) is 0 Å². The smallest absolute Gasteiger partial charge is 0.328 e. The molecule has 1 saturated heterocycles. The molecule has 8 heteroatoms. The summed E-state index contributed by atoms with van der Waals surface area (Å²) in [5, 5.41) is 2.71. The Hall–Kier alpha value is -2.12. The summed E-state index contributed by atoms with van der Waals surface area (Å²) in [5.74, 6) is -1.80. The van der Waals surface area contributed by atoms with E-state index in [1.165, 1.54) is 4.90 Å². The number of hydrogen-bond donors (Lipinski definition) is 2. The molecule has 2 atom stereocenters. The molecule has 0 radical (unpaired) electrons. The van der Waals surface area contributed by atoms with Crippen LogP contribution in [0.4, 0.5) is 0 Å². The maximum atomic E-state index is 12.4. The van der Waals surface area contributed by atoms with Gasteiger partial charge in [-0.3, -0.25) is 14.4 Å². The van der Waals surface area contributed by atoms with E-state index in [0.717, 1.165) is 6.42 Å². The van der Waals surface area contributed by atoms with E-state index in [1.807, 2.05) is 0 Å². The maximum Gasteiger partial charge on any atom is 0.328 e. The Labute approximate surface area is 135 Å². The lowest BCUT2D eigenvalue weighted by Gasteiger charge is -2.37. The lowest BCUT2D eigenvalue weighted by Crippen LogP contribution is -2.58. The largest absolute Gasteiger partial charge is 0.464 e. The molecule has 0 aromatic rings. The molecular weight excluding hydrogens is 302 g/mol. The van der Waals surface area contributed by atoms with Gasteiger partial charge in [-0.05, 0) is 26.2 Å². The number of amides is 3. The highest BCUT2D eigenvalue weighted by Gasteiger charge is 2.39. The third kappa shape index (κ3) is 5.22. The van der Waals surface area contributed by atoms with Gasteiger partial charge in [0.1, 0.15) is 12.1 Å². The van der Waals surface area contributed by atoms with Gasteiger partial charge in [-0.15, -0.1) is 0 Å². The quantitative estimate of drug-likeness (QED) is 0.593. The van der Waals surface area contributed by atoms with Crippen LogP contribution in [0.25, 0.3) is 0 Å². The van der Waals surface area contributed by atoms with Gasteiger partial charge in [0.15, 0.2) is 0 Å². The zero-order valence-corrected chi connectivity index (χ0v) is 13.7. The van der Waals surface area contributed by atoms with Gasteiger partial charge in [-0.2, -0.15) is 0 Å². The van der Waals surface area contributed by atoms with Crippen molar-refractivity contribution < 1.29 is 23.9 Å². The minimum atomic E-state index is -0.983. The molecule has 0 unspecified atom stereocenters. The zero-order valence-electron chi connectivity index (χ0n) is 13.7. The minimum Gasteiger partial charge on any atom is -0.464 e. The molecule has 23 heavy (non-hydrogen) atoms. The topological polar surface area (TPSA) is 119 Å². The Morgan fingerprint density at radius 1 is 1.39 bits per heavy atom. The minimum absolute atomic E-state index is 0.0453. The Morgan fingerprint density at radius 3 is 2.61 bits per heavy atom. The van der Waals surface area contributed by atoms with Crippen LogP contribution >= 0.6 is 0 Å². The monoisotopic (exact) mass is 327 g/mol. The number of rotatable bonds is 8. The van der Waals surface area contributed by atoms with E-state index in [2.05, 4.69) is 5.32 Å². The first-order chi connectivity index (χ1) is 10.9. The molecule has 1 heterocycles. The number of hydrogen-bond acceptors (Lipinski definition) is 5. The SMILES string of the molecule is CCOC(=O)[C@H](CCC(N)=O)N(C(=O)CC)[C@H]1CCCNC1=O. The predicted octanol–water partition coefficient (Wildman–Crippen LogP) is -0.299. The first-order valence-electron chi connectivity index (χ1n) is 7.96. The molecule has 1 rings (SSSR count).